The van der Waals surface area contributed by atoms with Gasteiger partial charge in [0.2, 0.25) is 0 Å². The molecule has 1 amide bonds. The van der Waals surface area contributed by atoms with Crippen LogP contribution in [0.4, 0.5) is 14.5 Å². The molecular formula is C25H21F2N3O2. The third-order valence-corrected chi connectivity index (χ3v) is 4.86. The van der Waals surface area contributed by atoms with Crippen LogP contribution in [0.25, 0.3) is 0 Å². The Bertz CT molecular complexity index is 1220. The van der Waals surface area contributed by atoms with E-state index in [0.717, 1.165) is 34.6 Å². The van der Waals surface area contributed by atoms with Gasteiger partial charge >= 0.3 is 0 Å². The van der Waals surface area contributed by atoms with Crippen molar-refractivity contribution in [1.82, 2.24) is 9.78 Å². The first-order chi connectivity index (χ1) is 15.5. The van der Waals surface area contributed by atoms with Gasteiger partial charge in [-0.25, -0.2) is 8.78 Å². The van der Waals surface area contributed by atoms with Gasteiger partial charge in [0.1, 0.15) is 29.7 Å². The number of ether oxygens (including phenoxy) is 1. The van der Waals surface area contributed by atoms with E-state index in [2.05, 4.69) is 10.4 Å². The van der Waals surface area contributed by atoms with Crippen LogP contribution in [-0.2, 0) is 13.2 Å². The minimum absolute atomic E-state index is 0.0482. The summed E-state index contributed by atoms with van der Waals surface area (Å²) in [4.78, 5) is 12.4. The molecule has 0 saturated heterocycles. The maximum absolute atomic E-state index is 13.8. The lowest BCUT2D eigenvalue weighted by Gasteiger charge is -2.13. The number of benzene rings is 3. The molecule has 1 N–H and O–H groups in total. The number of carbonyl (C=O) groups is 1. The first-order valence-electron chi connectivity index (χ1n) is 10.0. The van der Waals surface area contributed by atoms with Gasteiger partial charge in [-0.15, -0.1) is 0 Å². The summed E-state index contributed by atoms with van der Waals surface area (Å²) in [6.45, 7) is 2.78. The Morgan fingerprint density at radius 3 is 2.50 bits per heavy atom. The second-order valence-electron chi connectivity index (χ2n) is 7.33. The summed E-state index contributed by atoms with van der Waals surface area (Å²) >= 11 is 0. The van der Waals surface area contributed by atoms with Crippen LogP contribution in [0.2, 0.25) is 0 Å². The molecule has 4 aromatic rings. The number of aromatic nitrogens is 2. The number of amides is 1. The molecule has 0 saturated carbocycles. The topological polar surface area (TPSA) is 56.1 Å². The lowest BCUT2D eigenvalue weighted by Crippen LogP contribution is -2.15. The molecule has 0 atom stereocenters. The fourth-order valence-corrected chi connectivity index (χ4v) is 3.25. The minimum atomic E-state index is -0.849. The van der Waals surface area contributed by atoms with Crippen molar-refractivity contribution >= 4 is 11.6 Å². The highest BCUT2D eigenvalue weighted by Crippen LogP contribution is 2.23. The highest BCUT2D eigenvalue weighted by Gasteiger charge is 2.16. The number of carbonyl (C=O) groups excluding carboxylic acids is 1. The molecule has 1 aromatic heterocycles. The molecule has 0 aliphatic carbocycles. The summed E-state index contributed by atoms with van der Waals surface area (Å²) in [6.07, 6.45) is 1.63. The average Bonchev–Trinajstić information content (AvgIpc) is 3.25. The summed E-state index contributed by atoms with van der Waals surface area (Å²) < 4.78 is 35.2. The smallest absolute Gasteiger partial charge is 0.276 e. The second-order valence-corrected chi connectivity index (χ2v) is 7.33. The molecule has 0 radical (unpaired) electrons. The van der Waals surface area contributed by atoms with Crippen LogP contribution in [0.15, 0.2) is 79.0 Å². The van der Waals surface area contributed by atoms with Gasteiger partial charge in [-0.05, 0) is 36.8 Å². The van der Waals surface area contributed by atoms with E-state index in [4.69, 9.17) is 4.74 Å². The van der Waals surface area contributed by atoms with Crippen LogP contribution in [0.3, 0.4) is 0 Å². The number of aryl methyl sites for hydroxylation is 1. The van der Waals surface area contributed by atoms with E-state index in [-0.39, 0.29) is 5.69 Å². The SMILES string of the molecule is Cc1ccc(OCc2ccccc2)c(Cn2ccc(C(=O)Nc3c(F)cccc3F)n2)c1. The number of para-hydroxylation sites is 1. The first-order valence-corrected chi connectivity index (χ1v) is 10.0. The van der Waals surface area contributed by atoms with Gasteiger partial charge < -0.3 is 10.1 Å². The maximum Gasteiger partial charge on any atom is 0.276 e. The molecule has 162 valence electrons. The van der Waals surface area contributed by atoms with Crippen molar-refractivity contribution in [3.63, 3.8) is 0 Å². The number of anilines is 1. The zero-order valence-corrected chi connectivity index (χ0v) is 17.4. The van der Waals surface area contributed by atoms with E-state index in [1.54, 1.807) is 10.9 Å². The quantitative estimate of drug-likeness (QED) is 0.428. The average molecular weight is 433 g/mol. The molecular weight excluding hydrogens is 412 g/mol. The fourth-order valence-electron chi connectivity index (χ4n) is 3.25. The third-order valence-electron chi connectivity index (χ3n) is 4.86. The molecule has 5 nitrogen and oxygen atoms in total. The Kier molecular flexibility index (Phi) is 6.26. The van der Waals surface area contributed by atoms with Crippen molar-refractivity contribution in [3.8, 4) is 5.75 Å². The monoisotopic (exact) mass is 433 g/mol. The van der Waals surface area contributed by atoms with Crippen LogP contribution in [0.1, 0.15) is 27.2 Å². The van der Waals surface area contributed by atoms with Crippen molar-refractivity contribution in [2.24, 2.45) is 0 Å². The molecule has 0 fully saturated rings. The van der Waals surface area contributed by atoms with Crippen LogP contribution in [-0.4, -0.2) is 15.7 Å². The summed E-state index contributed by atoms with van der Waals surface area (Å²) in [6, 6.07) is 20.6. The second kappa shape index (κ2) is 9.43. The molecule has 3 aromatic carbocycles. The standard InChI is InChI=1S/C25H21F2N3O2/c1-17-10-11-23(32-16-18-6-3-2-4-7-18)19(14-17)15-30-13-12-22(29-30)25(31)28-24-20(26)8-5-9-21(24)27/h2-14H,15-16H2,1H3,(H,28,31). The van der Waals surface area contributed by atoms with E-state index < -0.39 is 23.2 Å². The molecule has 0 bridgehead atoms. The fraction of sp³-hybridized carbons (Fsp3) is 0.120. The van der Waals surface area contributed by atoms with Crippen molar-refractivity contribution in [3.05, 3.63) is 113 Å². The predicted octanol–water partition coefficient (Wildman–Crippen LogP) is 5.35. The molecule has 0 aliphatic heterocycles. The normalized spacial score (nSPS) is 10.7. The molecule has 0 aliphatic rings. The van der Waals surface area contributed by atoms with Gasteiger partial charge in [-0.2, -0.15) is 5.10 Å². The Balaban J connectivity index is 1.48. The first kappa shape index (κ1) is 21.2. The lowest BCUT2D eigenvalue weighted by atomic mass is 10.1. The van der Waals surface area contributed by atoms with Gasteiger partial charge in [0, 0.05) is 11.8 Å². The predicted molar refractivity (Wildman–Crippen MR) is 118 cm³/mol. The van der Waals surface area contributed by atoms with Crippen LogP contribution < -0.4 is 10.1 Å². The Labute approximate surface area is 184 Å². The van der Waals surface area contributed by atoms with Crippen molar-refractivity contribution < 1.29 is 18.3 Å². The third kappa shape index (κ3) is 5.00. The Hall–Kier alpha value is -4.00. The summed E-state index contributed by atoms with van der Waals surface area (Å²) in [5.74, 6) is -1.68. The number of hydrogen-bond acceptors (Lipinski definition) is 3. The van der Waals surface area contributed by atoms with E-state index in [9.17, 15) is 13.6 Å². The van der Waals surface area contributed by atoms with Gasteiger partial charge in [-0.1, -0.05) is 54.1 Å². The Morgan fingerprint density at radius 2 is 1.75 bits per heavy atom. The maximum atomic E-state index is 13.8. The van der Waals surface area contributed by atoms with E-state index in [1.807, 2.05) is 55.5 Å². The zero-order valence-electron chi connectivity index (χ0n) is 17.4. The van der Waals surface area contributed by atoms with E-state index in [1.165, 1.54) is 12.1 Å². The molecule has 0 spiro atoms. The van der Waals surface area contributed by atoms with Crippen LogP contribution >= 0.6 is 0 Å². The van der Waals surface area contributed by atoms with Gasteiger partial charge in [-0.3, -0.25) is 9.48 Å². The number of nitrogens with one attached hydrogen (secondary N) is 1. The van der Waals surface area contributed by atoms with Crippen LogP contribution in [0.5, 0.6) is 5.75 Å². The van der Waals surface area contributed by atoms with Gasteiger partial charge in [0.05, 0.1) is 6.54 Å². The highest BCUT2D eigenvalue weighted by atomic mass is 19.1. The van der Waals surface area contributed by atoms with Gasteiger partial charge in [0.15, 0.2) is 5.69 Å². The van der Waals surface area contributed by atoms with Crippen molar-refractivity contribution in [2.45, 2.75) is 20.1 Å². The Morgan fingerprint density at radius 1 is 1.00 bits per heavy atom. The van der Waals surface area contributed by atoms with E-state index >= 15 is 0 Å². The largest absolute Gasteiger partial charge is 0.489 e. The summed E-state index contributed by atoms with van der Waals surface area (Å²) in [5.41, 5.74) is 2.56. The molecule has 0 unspecified atom stereocenters. The van der Waals surface area contributed by atoms with Crippen molar-refractivity contribution in [1.29, 1.82) is 0 Å². The number of nitrogens with zero attached hydrogens (tertiary/aromatic N) is 2. The molecule has 4 rings (SSSR count). The summed E-state index contributed by atoms with van der Waals surface area (Å²) in [7, 11) is 0. The molecule has 7 heteroatoms. The molecule has 1 heterocycles. The minimum Gasteiger partial charge on any atom is -0.489 e. The number of hydrogen-bond donors (Lipinski definition) is 1. The zero-order chi connectivity index (χ0) is 22.5. The van der Waals surface area contributed by atoms with E-state index in [0.29, 0.717) is 13.2 Å². The van der Waals surface area contributed by atoms with Gasteiger partial charge in [0.25, 0.3) is 5.91 Å². The summed E-state index contributed by atoms with van der Waals surface area (Å²) in [5, 5.41) is 6.50. The highest BCUT2D eigenvalue weighted by molar-refractivity contribution is 6.02. The van der Waals surface area contributed by atoms with Crippen LogP contribution in [0, 0.1) is 18.6 Å². The lowest BCUT2D eigenvalue weighted by molar-refractivity contribution is 0.102. The number of rotatable bonds is 7. The molecule has 32 heavy (non-hydrogen) atoms. The van der Waals surface area contributed by atoms with Crippen molar-refractivity contribution in [2.75, 3.05) is 5.32 Å². The number of halogens is 2.